The van der Waals surface area contributed by atoms with Gasteiger partial charge in [-0.25, -0.2) is 0 Å². The molecule has 3 heterocycles. The Morgan fingerprint density at radius 2 is 1.94 bits per heavy atom. The van der Waals surface area contributed by atoms with Crippen molar-refractivity contribution in [2.24, 2.45) is 0 Å². The van der Waals surface area contributed by atoms with E-state index in [1.54, 1.807) is 0 Å². The molecule has 0 spiro atoms. The van der Waals surface area contributed by atoms with Crippen molar-refractivity contribution in [1.82, 2.24) is 15.1 Å². The summed E-state index contributed by atoms with van der Waals surface area (Å²) in [5, 5.41) is 8.66. The van der Waals surface area contributed by atoms with Gasteiger partial charge >= 0.3 is 0 Å². The molecule has 1 aromatic heterocycles. The summed E-state index contributed by atoms with van der Waals surface area (Å²) in [7, 11) is 0. The second-order valence-electron chi connectivity index (χ2n) is 7.98. The Hall–Kier alpha value is -3.00. The first-order chi connectivity index (χ1) is 15.7. The lowest BCUT2D eigenvalue weighted by atomic mass is 10.0. The Kier molecular flexibility index (Phi) is 6.03. The fourth-order valence-electron chi connectivity index (χ4n) is 4.20. The molecule has 1 unspecified atom stereocenters. The number of aromatic nitrogens is 2. The van der Waals surface area contributed by atoms with E-state index in [0.717, 1.165) is 54.0 Å². The molecular weight excluding hydrogens is 426 g/mol. The third-order valence-corrected chi connectivity index (χ3v) is 6.63. The van der Waals surface area contributed by atoms with E-state index in [9.17, 15) is 4.79 Å². The van der Waals surface area contributed by atoms with Gasteiger partial charge in [0.25, 0.3) is 5.22 Å². The summed E-state index contributed by atoms with van der Waals surface area (Å²) in [6.07, 6.45) is 2.79. The molecule has 2 aromatic carbocycles. The summed E-state index contributed by atoms with van der Waals surface area (Å²) >= 11 is 1.28. The zero-order chi connectivity index (χ0) is 21.9. The van der Waals surface area contributed by atoms with E-state index in [-0.39, 0.29) is 17.7 Å². The molecule has 1 amide bonds. The van der Waals surface area contributed by atoms with E-state index in [1.807, 2.05) is 54.3 Å². The average molecular weight is 452 g/mol. The Morgan fingerprint density at radius 1 is 1.09 bits per heavy atom. The van der Waals surface area contributed by atoms with Crippen molar-refractivity contribution in [1.29, 1.82) is 0 Å². The van der Waals surface area contributed by atoms with Crippen molar-refractivity contribution in [2.75, 3.05) is 25.5 Å². The van der Waals surface area contributed by atoms with Crippen molar-refractivity contribution in [2.45, 2.75) is 37.5 Å². The van der Waals surface area contributed by atoms with Crippen LogP contribution in [0.2, 0.25) is 0 Å². The highest BCUT2D eigenvalue weighted by Crippen LogP contribution is 2.38. The highest BCUT2D eigenvalue weighted by molar-refractivity contribution is 7.99. The molecule has 0 aliphatic carbocycles. The van der Waals surface area contributed by atoms with Crippen LogP contribution in [-0.2, 0) is 4.79 Å². The Morgan fingerprint density at radius 3 is 2.81 bits per heavy atom. The maximum atomic E-state index is 13.0. The van der Waals surface area contributed by atoms with E-state index in [4.69, 9.17) is 13.9 Å². The van der Waals surface area contributed by atoms with E-state index >= 15 is 0 Å². The second kappa shape index (κ2) is 9.24. The molecule has 8 heteroatoms. The molecule has 2 aliphatic rings. The lowest BCUT2D eigenvalue weighted by Gasteiger charge is -2.25. The van der Waals surface area contributed by atoms with E-state index in [2.05, 4.69) is 10.2 Å². The Labute approximate surface area is 191 Å². The number of nitrogens with zero attached hydrogens (tertiary/aromatic N) is 3. The molecule has 1 atom stereocenters. The number of carbonyl (C=O) groups is 1. The lowest BCUT2D eigenvalue weighted by molar-refractivity contribution is -0.129. The number of aryl methyl sites for hydroxylation is 1. The second-order valence-corrected chi connectivity index (χ2v) is 8.91. The van der Waals surface area contributed by atoms with Gasteiger partial charge in [-0.2, -0.15) is 0 Å². The molecule has 166 valence electrons. The summed E-state index contributed by atoms with van der Waals surface area (Å²) in [6, 6.07) is 13.9. The number of likely N-dealkylation sites (tertiary alicyclic amines) is 1. The molecule has 0 N–H and O–H groups in total. The maximum absolute atomic E-state index is 13.0. The van der Waals surface area contributed by atoms with Crippen LogP contribution >= 0.6 is 11.8 Å². The zero-order valence-electron chi connectivity index (χ0n) is 18.0. The number of thioether (sulfide) groups is 1. The van der Waals surface area contributed by atoms with Gasteiger partial charge in [0.15, 0.2) is 11.5 Å². The number of fused-ring (bicyclic) bond motifs is 1. The smallest absolute Gasteiger partial charge is 0.277 e. The van der Waals surface area contributed by atoms with Crippen molar-refractivity contribution in [3.05, 3.63) is 53.6 Å². The fourth-order valence-corrected chi connectivity index (χ4v) is 4.84. The summed E-state index contributed by atoms with van der Waals surface area (Å²) in [5.41, 5.74) is 3.07. The highest BCUT2D eigenvalue weighted by atomic mass is 32.2. The van der Waals surface area contributed by atoms with Gasteiger partial charge in [-0.3, -0.25) is 4.79 Å². The Balaban J connectivity index is 1.25. The molecular formula is C24H25N3O4S. The first-order valence-corrected chi connectivity index (χ1v) is 11.9. The SMILES string of the molecule is Cc1ccccc1-c1nnc(SCC(=O)N2CCCC2c2ccc3c(c2)OCCCO3)o1. The highest BCUT2D eigenvalue weighted by Gasteiger charge is 2.31. The molecule has 0 radical (unpaired) electrons. The van der Waals surface area contributed by atoms with Gasteiger partial charge in [-0.05, 0) is 49.1 Å². The van der Waals surface area contributed by atoms with Crippen LogP contribution in [0, 0.1) is 6.92 Å². The van der Waals surface area contributed by atoms with E-state index < -0.39 is 0 Å². The predicted octanol–water partition coefficient (Wildman–Crippen LogP) is 4.66. The van der Waals surface area contributed by atoms with Crippen molar-refractivity contribution in [3.8, 4) is 23.0 Å². The standard InChI is InChI=1S/C24H25N3O4S/c1-16-6-2-3-7-18(16)23-25-26-24(31-23)32-15-22(28)27-11-4-8-19(27)17-9-10-20-21(14-17)30-13-5-12-29-20/h2-3,6-7,9-10,14,19H,4-5,8,11-13,15H2,1H3. The van der Waals surface area contributed by atoms with Crippen LogP contribution in [0.25, 0.3) is 11.5 Å². The quantitative estimate of drug-likeness (QED) is 0.522. The number of ether oxygens (including phenoxy) is 2. The molecule has 0 bridgehead atoms. The third-order valence-electron chi connectivity index (χ3n) is 5.83. The molecule has 7 nitrogen and oxygen atoms in total. The van der Waals surface area contributed by atoms with Crippen LogP contribution in [0.15, 0.2) is 52.1 Å². The van der Waals surface area contributed by atoms with Gasteiger partial charge in [0.2, 0.25) is 11.8 Å². The van der Waals surface area contributed by atoms with Crippen LogP contribution in [0.5, 0.6) is 11.5 Å². The average Bonchev–Trinajstić information content (AvgIpc) is 3.43. The predicted molar refractivity (Wildman–Crippen MR) is 121 cm³/mol. The Bertz CT molecular complexity index is 1120. The van der Waals surface area contributed by atoms with Crippen LogP contribution in [0.1, 0.15) is 36.4 Å². The van der Waals surface area contributed by atoms with Gasteiger partial charge in [0, 0.05) is 18.5 Å². The molecule has 1 saturated heterocycles. The van der Waals surface area contributed by atoms with Crippen LogP contribution in [0.3, 0.4) is 0 Å². The minimum atomic E-state index is 0.0467. The monoisotopic (exact) mass is 451 g/mol. The first kappa shape index (κ1) is 20.9. The van der Waals surface area contributed by atoms with E-state index in [1.165, 1.54) is 11.8 Å². The first-order valence-electron chi connectivity index (χ1n) is 10.9. The summed E-state index contributed by atoms with van der Waals surface area (Å²) in [4.78, 5) is 15.0. The summed E-state index contributed by atoms with van der Waals surface area (Å²) in [6.45, 7) is 4.06. The van der Waals surface area contributed by atoms with Crippen LogP contribution < -0.4 is 9.47 Å². The largest absolute Gasteiger partial charge is 0.490 e. The molecule has 3 aromatic rings. The van der Waals surface area contributed by atoms with E-state index in [0.29, 0.717) is 24.3 Å². The summed E-state index contributed by atoms with van der Waals surface area (Å²) < 4.78 is 17.4. The molecule has 0 saturated carbocycles. The summed E-state index contributed by atoms with van der Waals surface area (Å²) in [5.74, 6) is 2.35. The number of carbonyl (C=O) groups excluding carboxylic acids is 1. The normalized spacial score (nSPS) is 17.9. The minimum absolute atomic E-state index is 0.0467. The van der Waals surface area contributed by atoms with Gasteiger partial charge in [-0.15, -0.1) is 10.2 Å². The maximum Gasteiger partial charge on any atom is 0.277 e. The van der Waals surface area contributed by atoms with Gasteiger partial charge in [0.05, 0.1) is 25.0 Å². The number of rotatable bonds is 5. The number of hydrogen-bond acceptors (Lipinski definition) is 7. The molecule has 32 heavy (non-hydrogen) atoms. The topological polar surface area (TPSA) is 77.7 Å². The minimum Gasteiger partial charge on any atom is -0.490 e. The van der Waals surface area contributed by atoms with Crippen molar-refractivity contribution < 1.29 is 18.7 Å². The molecule has 1 fully saturated rings. The lowest BCUT2D eigenvalue weighted by Crippen LogP contribution is -2.32. The van der Waals surface area contributed by atoms with Gasteiger partial charge < -0.3 is 18.8 Å². The fraction of sp³-hybridized carbons (Fsp3) is 0.375. The van der Waals surface area contributed by atoms with Crippen molar-refractivity contribution >= 4 is 17.7 Å². The van der Waals surface area contributed by atoms with Crippen LogP contribution in [0.4, 0.5) is 0 Å². The van der Waals surface area contributed by atoms with Crippen LogP contribution in [-0.4, -0.2) is 46.5 Å². The zero-order valence-corrected chi connectivity index (χ0v) is 18.8. The third kappa shape index (κ3) is 4.32. The van der Waals surface area contributed by atoms with Gasteiger partial charge in [0.1, 0.15) is 0 Å². The van der Waals surface area contributed by atoms with Crippen molar-refractivity contribution in [3.63, 3.8) is 0 Å². The molecule has 5 rings (SSSR count). The molecule has 2 aliphatic heterocycles. The number of hydrogen-bond donors (Lipinski definition) is 0. The number of amides is 1. The van der Waals surface area contributed by atoms with Gasteiger partial charge in [-0.1, -0.05) is 36.0 Å². The number of benzene rings is 2.